The zero-order chi connectivity index (χ0) is 17.2. The molecule has 0 saturated carbocycles. The maximum absolute atomic E-state index is 13.2. The third-order valence-corrected chi connectivity index (χ3v) is 7.01. The van der Waals surface area contributed by atoms with Crippen molar-refractivity contribution in [1.82, 2.24) is 9.29 Å². The fourth-order valence-corrected chi connectivity index (χ4v) is 5.34. The van der Waals surface area contributed by atoms with Crippen molar-refractivity contribution in [2.24, 2.45) is 0 Å². The maximum Gasteiger partial charge on any atom is 0.274 e. The first kappa shape index (κ1) is 17.6. The van der Waals surface area contributed by atoms with Crippen molar-refractivity contribution in [3.63, 3.8) is 0 Å². The van der Waals surface area contributed by atoms with Gasteiger partial charge in [-0.05, 0) is 37.5 Å². The van der Waals surface area contributed by atoms with Gasteiger partial charge in [0.2, 0.25) is 10.0 Å². The van der Waals surface area contributed by atoms with E-state index in [4.69, 9.17) is 4.74 Å². The predicted octanol–water partition coefficient (Wildman–Crippen LogP) is 3.41. The van der Waals surface area contributed by atoms with Gasteiger partial charge in [0, 0.05) is 13.1 Å². The molecule has 0 unspecified atom stereocenters. The molecular formula is C16H21FN2O3S2. The minimum Gasteiger partial charge on any atom is -0.467 e. The SMILES string of the molecule is CCCCS(=O)(=O)N1CCC(Oc2nc3ccc(F)cc3s2)CC1. The number of thiazole rings is 1. The Kier molecular flexibility index (Phi) is 5.36. The van der Waals surface area contributed by atoms with Crippen LogP contribution in [0.3, 0.4) is 0 Å². The molecule has 0 amide bonds. The van der Waals surface area contributed by atoms with Gasteiger partial charge in [-0.1, -0.05) is 24.7 Å². The smallest absolute Gasteiger partial charge is 0.274 e. The molecule has 1 saturated heterocycles. The van der Waals surface area contributed by atoms with E-state index in [1.165, 1.54) is 23.5 Å². The first-order chi connectivity index (χ1) is 11.5. The van der Waals surface area contributed by atoms with Crippen LogP contribution >= 0.6 is 11.3 Å². The average Bonchev–Trinajstić information content (AvgIpc) is 2.95. The largest absolute Gasteiger partial charge is 0.467 e. The summed E-state index contributed by atoms with van der Waals surface area (Å²) in [6.45, 7) is 2.95. The maximum atomic E-state index is 13.2. The third-order valence-electron chi connectivity index (χ3n) is 4.15. The van der Waals surface area contributed by atoms with E-state index in [0.717, 1.165) is 16.6 Å². The minimum absolute atomic E-state index is 0.0481. The second-order valence-corrected chi connectivity index (χ2v) is 9.06. The van der Waals surface area contributed by atoms with E-state index in [0.29, 0.717) is 37.5 Å². The minimum atomic E-state index is -3.14. The highest BCUT2D eigenvalue weighted by Gasteiger charge is 2.28. The summed E-state index contributed by atoms with van der Waals surface area (Å²) >= 11 is 1.32. The molecule has 1 aromatic carbocycles. The molecule has 8 heteroatoms. The molecule has 0 bridgehead atoms. The number of hydrogen-bond acceptors (Lipinski definition) is 5. The Morgan fingerprint density at radius 2 is 2.12 bits per heavy atom. The molecule has 2 heterocycles. The van der Waals surface area contributed by atoms with Crippen LogP contribution in [0.5, 0.6) is 5.19 Å². The number of unbranched alkanes of at least 4 members (excludes halogenated alkanes) is 1. The first-order valence-corrected chi connectivity index (χ1v) is 10.6. The monoisotopic (exact) mass is 372 g/mol. The Labute approximate surface area is 145 Å². The molecule has 1 aliphatic rings. The highest BCUT2D eigenvalue weighted by molar-refractivity contribution is 7.89. The van der Waals surface area contributed by atoms with Crippen molar-refractivity contribution in [1.29, 1.82) is 0 Å². The summed E-state index contributed by atoms with van der Waals surface area (Å²) in [5.74, 6) is -0.0679. The van der Waals surface area contributed by atoms with Crippen molar-refractivity contribution in [2.75, 3.05) is 18.8 Å². The fraction of sp³-hybridized carbons (Fsp3) is 0.562. The van der Waals surface area contributed by atoms with Crippen LogP contribution in [0.1, 0.15) is 32.6 Å². The van der Waals surface area contributed by atoms with E-state index in [1.807, 2.05) is 6.92 Å². The van der Waals surface area contributed by atoms with Crippen LogP contribution in [0.2, 0.25) is 0 Å². The first-order valence-electron chi connectivity index (χ1n) is 8.18. The van der Waals surface area contributed by atoms with Gasteiger partial charge in [-0.3, -0.25) is 0 Å². The summed E-state index contributed by atoms with van der Waals surface area (Å²) < 4.78 is 45.8. The Morgan fingerprint density at radius 3 is 2.83 bits per heavy atom. The van der Waals surface area contributed by atoms with Crippen LogP contribution in [-0.4, -0.2) is 42.7 Å². The number of benzene rings is 1. The third kappa shape index (κ3) is 4.04. The molecule has 132 valence electrons. The normalized spacial score (nSPS) is 17.4. The predicted molar refractivity (Wildman–Crippen MR) is 93.5 cm³/mol. The molecule has 2 aromatic rings. The molecule has 0 atom stereocenters. The Bertz CT molecular complexity index is 799. The summed E-state index contributed by atoms with van der Waals surface area (Å²) in [7, 11) is -3.14. The zero-order valence-corrected chi connectivity index (χ0v) is 15.2. The standard InChI is InChI=1S/C16H21FN2O3S2/c1-2-3-10-24(20,21)19-8-6-13(7-9-19)22-16-18-14-5-4-12(17)11-15(14)23-16/h4-5,11,13H,2-3,6-10H2,1H3. The van der Waals surface area contributed by atoms with Gasteiger partial charge < -0.3 is 4.74 Å². The lowest BCUT2D eigenvalue weighted by Crippen LogP contribution is -2.42. The molecule has 0 spiro atoms. The number of piperidine rings is 1. The number of nitrogens with zero attached hydrogens (tertiary/aromatic N) is 2. The summed E-state index contributed by atoms with van der Waals surface area (Å²) in [6.07, 6.45) is 2.82. The lowest BCUT2D eigenvalue weighted by atomic mass is 10.1. The highest BCUT2D eigenvalue weighted by Crippen LogP contribution is 2.30. The van der Waals surface area contributed by atoms with E-state index in [1.54, 1.807) is 10.4 Å². The molecule has 0 N–H and O–H groups in total. The lowest BCUT2D eigenvalue weighted by Gasteiger charge is -2.30. The number of ether oxygens (including phenoxy) is 1. The fourth-order valence-electron chi connectivity index (χ4n) is 2.75. The van der Waals surface area contributed by atoms with Crippen LogP contribution in [0, 0.1) is 5.82 Å². The van der Waals surface area contributed by atoms with E-state index in [9.17, 15) is 12.8 Å². The Morgan fingerprint density at radius 1 is 1.38 bits per heavy atom. The van der Waals surface area contributed by atoms with Gasteiger partial charge in [-0.2, -0.15) is 0 Å². The van der Waals surface area contributed by atoms with Crippen molar-refractivity contribution >= 4 is 31.6 Å². The number of aromatic nitrogens is 1. The Hall–Kier alpha value is -1.25. The van der Waals surface area contributed by atoms with Crippen LogP contribution in [0.15, 0.2) is 18.2 Å². The van der Waals surface area contributed by atoms with Crippen LogP contribution in [0.4, 0.5) is 4.39 Å². The number of fused-ring (bicyclic) bond motifs is 1. The number of hydrogen-bond donors (Lipinski definition) is 0. The molecule has 1 fully saturated rings. The topological polar surface area (TPSA) is 59.5 Å². The van der Waals surface area contributed by atoms with Gasteiger partial charge in [0.05, 0.1) is 16.0 Å². The van der Waals surface area contributed by atoms with Crippen molar-refractivity contribution in [3.05, 3.63) is 24.0 Å². The summed E-state index contributed by atoms with van der Waals surface area (Å²) in [5.41, 5.74) is 0.718. The van der Waals surface area contributed by atoms with E-state index < -0.39 is 10.0 Å². The zero-order valence-electron chi connectivity index (χ0n) is 13.6. The number of sulfonamides is 1. The van der Waals surface area contributed by atoms with Crippen molar-refractivity contribution in [3.8, 4) is 5.19 Å². The second kappa shape index (κ2) is 7.33. The van der Waals surface area contributed by atoms with Crippen LogP contribution in [0.25, 0.3) is 10.2 Å². The van der Waals surface area contributed by atoms with Crippen molar-refractivity contribution < 1.29 is 17.5 Å². The van der Waals surface area contributed by atoms with Crippen LogP contribution in [-0.2, 0) is 10.0 Å². The molecular weight excluding hydrogens is 351 g/mol. The van der Waals surface area contributed by atoms with Gasteiger partial charge in [-0.25, -0.2) is 22.1 Å². The van der Waals surface area contributed by atoms with E-state index in [-0.39, 0.29) is 17.7 Å². The molecule has 0 radical (unpaired) electrons. The average molecular weight is 372 g/mol. The van der Waals surface area contributed by atoms with Crippen molar-refractivity contribution in [2.45, 2.75) is 38.7 Å². The lowest BCUT2D eigenvalue weighted by molar-refractivity contribution is 0.135. The van der Waals surface area contributed by atoms with Gasteiger partial charge in [0.25, 0.3) is 5.19 Å². The quantitative estimate of drug-likeness (QED) is 0.780. The van der Waals surface area contributed by atoms with E-state index in [2.05, 4.69) is 4.98 Å². The Balaban J connectivity index is 1.58. The van der Waals surface area contributed by atoms with Gasteiger partial charge in [0.15, 0.2) is 0 Å². The summed E-state index contributed by atoms with van der Waals surface area (Å²) in [4.78, 5) is 4.35. The highest BCUT2D eigenvalue weighted by atomic mass is 32.2. The molecule has 24 heavy (non-hydrogen) atoms. The number of halogens is 1. The molecule has 3 rings (SSSR count). The number of rotatable bonds is 6. The van der Waals surface area contributed by atoms with Gasteiger partial charge in [-0.15, -0.1) is 0 Å². The van der Waals surface area contributed by atoms with Gasteiger partial charge in [0.1, 0.15) is 11.9 Å². The summed E-state index contributed by atoms with van der Waals surface area (Å²) in [5, 5.41) is 0.517. The summed E-state index contributed by atoms with van der Waals surface area (Å²) in [6, 6.07) is 4.46. The molecule has 1 aromatic heterocycles. The second-order valence-electron chi connectivity index (χ2n) is 5.98. The van der Waals surface area contributed by atoms with Crippen LogP contribution < -0.4 is 4.74 Å². The molecule has 0 aliphatic carbocycles. The molecule has 5 nitrogen and oxygen atoms in total. The van der Waals surface area contributed by atoms with Gasteiger partial charge >= 0.3 is 0 Å². The molecule has 1 aliphatic heterocycles. The van der Waals surface area contributed by atoms with E-state index >= 15 is 0 Å².